The SMILES string of the molecule is O=C(CCCCCCC1C(C(=O)O)CCN1C(=O)OCc1ccccc1)OCc1ccccc1. The Morgan fingerprint density at radius 2 is 1.41 bits per heavy atom. The van der Waals surface area contributed by atoms with Crippen LogP contribution in [0.2, 0.25) is 0 Å². The van der Waals surface area contributed by atoms with Gasteiger partial charge in [0.1, 0.15) is 13.2 Å². The van der Waals surface area contributed by atoms with Crippen molar-refractivity contribution in [1.29, 1.82) is 0 Å². The fraction of sp³-hybridized carbons (Fsp3) is 0.444. The highest BCUT2D eigenvalue weighted by Gasteiger charge is 2.41. The third-order valence-corrected chi connectivity index (χ3v) is 6.18. The van der Waals surface area contributed by atoms with E-state index >= 15 is 0 Å². The number of esters is 1. The van der Waals surface area contributed by atoms with Gasteiger partial charge in [-0.05, 0) is 30.4 Å². The lowest BCUT2D eigenvalue weighted by atomic mass is 9.95. The number of hydrogen-bond donors (Lipinski definition) is 1. The Balaban J connectivity index is 1.36. The second-order valence-corrected chi connectivity index (χ2v) is 8.63. The van der Waals surface area contributed by atoms with Gasteiger partial charge in [-0.2, -0.15) is 0 Å². The minimum absolute atomic E-state index is 0.168. The Hall–Kier alpha value is -3.35. The van der Waals surface area contributed by atoms with Gasteiger partial charge < -0.3 is 19.5 Å². The molecule has 2 aromatic rings. The Bertz CT molecular complexity index is 917. The highest BCUT2D eigenvalue weighted by Crippen LogP contribution is 2.29. The fourth-order valence-electron chi connectivity index (χ4n) is 4.31. The van der Waals surface area contributed by atoms with Crippen molar-refractivity contribution in [3.8, 4) is 0 Å². The van der Waals surface area contributed by atoms with Crippen molar-refractivity contribution < 1.29 is 29.0 Å². The first-order valence-corrected chi connectivity index (χ1v) is 11.9. The van der Waals surface area contributed by atoms with Gasteiger partial charge in [0.15, 0.2) is 0 Å². The molecule has 0 saturated carbocycles. The van der Waals surface area contributed by atoms with Crippen molar-refractivity contribution in [2.45, 2.75) is 64.2 Å². The first-order valence-electron chi connectivity index (χ1n) is 11.9. The van der Waals surface area contributed by atoms with Crippen molar-refractivity contribution in [1.82, 2.24) is 4.90 Å². The number of ether oxygens (including phenoxy) is 2. The summed E-state index contributed by atoms with van der Waals surface area (Å²) >= 11 is 0. The fourth-order valence-corrected chi connectivity index (χ4v) is 4.31. The number of nitrogens with zero attached hydrogens (tertiary/aromatic N) is 1. The molecule has 1 N–H and O–H groups in total. The number of carbonyl (C=O) groups excluding carboxylic acids is 2. The van der Waals surface area contributed by atoms with E-state index in [1.807, 2.05) is 60.7 Å². The second-order valence-electron chi connectivity index (χ2n) is 8.63. The molecule has 1 heterocycles. The lowest BCUT2D eigenvalue weighted by molar-refractivity contribution is -0.145. The van der Waals surface area contributed by atoms with Crippen LogP contribution in [0.1, 0.15) is 56.1 Å². The van der Waals surface area contributed by atoms with E-state index in [1.54, 1.807) is 4.90 Å². The van der Waals surface area contributed by atoms with Crippen molar-refractivity contribution in [2.24, 2.45) is 5.92 Å². The molecule has 7 heteroatoms. The van der Waals surface area contributed by atoms with Crippen molar-refractivity contribution in [3.63, 3.8) is 0 Å². The Morgan fingerprint density at radius 1 is 0.824 bits per heavy atom. The van der Waals surface area contributed by atoms with E-state index in [9.17, 15) is 19.5 Å². The van der Waals surface area contributed by atoms with Crippen LogP contribution in [0.5, 0.6) is 0 Å². The monoisotopic (exact) mass is 467 g/mol. The molecule has 7 nitrogen and oxygen atoms in total. The van der Waals surface area contributed by atoms with Gasteiger partial charge in [0.2, 0.25) is 0 Å². The molecular weight excluding hydrogens is 434 g/mol. The molecule has 2 atom stereocenters. The summed E-state index contributed by atoms with van der Waals surface area (Å²) in [6.45, 7) is 0.845. The average molecular weight is 468 g/mol. The van der Waals surface area contributed by atoms with Crippen LogP contribution in [0.15, 0.2) is 60.7 Å². The number of carboxylic acids is 1. The van der Waals surface area contributed by atoms with Crippen LogP contribution in [0.25, 0.3) is 0 Å². The third kappa shape index (κ3) is 7.90. The molecular formula is C27H33NO6. The zero-order valence-corrected chi connectivity index (χ0v) is 19.4. The summed E-state index contributed by atoms with van der Waals surface area (Å²) in [5.74, 6) is -1.65. The summed E-state index contributed by atoms with van der Waals surface area (Å²) in [5.41, 5.74) is 1.86. The topological polar surface area (TPSA) is 93.1 Å². The van der Waals surface area contributed by atoms with Gasteiger partial charge in [-0.1, -0.05) is 79.9 Å². The van der Waals surface area contributed by atoms with Gasteiger partial charge in [0.05, 0.1) is 5.92 Å². The highest BCUT2D eigenvalue weighted by atomic mass is 16.6. The highest BCUT2D eigenvalue weighted by molar-refractivity contribution is 5.75. The van der Waals surface area contributed by atoms with E-state index < -0.39 is 18.0 Å². The van der Waals surface area contributed by atoms with E-state index in [-0.39, 0.29) is 25.2 Å². The Labute approximate surface area is 200 Å². The maximum Gasteiger partial charge on any atom is 0.410 e. The largest absolute Gasteiger partial charge is 0.481 e. The van der Waals surface area contributed by atoms with Crippen LogP contribution in [-0.2, 0) is 32.3 Å². The molecule has 1 aliphatic heterocycles. The normalized spacial score (nSPS) is 17.4. The summed E-state index contributed by atoms with van der Waals surface area (Å²) in [4.78, 5) is 37.8. The summed E-state index contributed by atoms with van der Waals surface area (Å²) in [6, 6.07) is 18.6. The molecule has 182 valence electrons. The Kier molecular flexibility index (Phi) is 9.95. The summed E-state index contributed by atoms with van der Waals surface area (Å²) < 4.78 is 10.7. The molecule has 2 unspecified atom stereocenters. The summed E-state index contributed by atoms with van der Waals surface area (Å²) in [5, 5.41) is 9.60. The number of likely N-dealkylation sites (tertiary alicyclic amines) is 1. The molecule has 1 amide bonds. The molecule has 2 aromatic carbocycles. The standard InChI is InChI=1S/C27H33NO6/c29-25(33-19-21-11-5-3-6-12-21)16-10-2-1-9-15-24-23(26(30)31)17-18-28(24)27(32)34-20-22-13-7-4-8-14-22/h3-8,11-14,23-24H,1-2,9-10,15-20H2,(H,30,31). The zero-order chi connectivity index (χ0) is 24.2. The molecule has 1 fully saturated rings. The first kappa shape index (κ1) is 25.3. The third-order valence-electron chi connectivity index (χ3n) is 6.18. The minimum atomic E-state index is -0.871. The second kappa shape index (κ2) is 13.4. The number of benzene rings is 2. The smallest absolute Gasteiger partial charge is 0.410 e. The molecule has 0 bridgehead atoms. The van der Waals surface area contributed by atoms with Crippen molar-refractivity contribution in [3.05, 3.63) is 71.8 Å². The molecule has 0 aromatic heterocycles. The van der Waals surface area contributed by atoms with Crippen LogP contribution >= 0.6 is 0 Å². The lowest BCUT2D eigenvalue weighted by Crippen LogP contribution is -2.40. The molecule has 34 heavy (non-hydrogen) atoms. The van der Waals surface area contributed by atoms with Crippen LogP contribution in [0.4, 0.5) is 4.79 Å². The van der Waals surface area contributed by atoms with E-state index in [2.05, 4.69) is 0 Å². The van der Waals surface area contributed by atoms with Crippen LogP contribution < -0.4 is 0 Å². The van der Waals surface area contributed by atoms with Crippen molar-refractivity contribution >= 4 is 18.0 Å². The number of carboxylic acid groups (broad SMARTS) is 1. The number of carbonyl (C=O) groups is 3. The number of aliphatic carboxylic acids is 1. The molecule has 0 aliphatic carbocycles. The molecule has 0 spiro atoms. The lowest BCUT2D eigenvalue weighted by Gasteiger charge is -2.26. The maximum absolute atomic E-state index is 12.6. The van der Waals surface area contributed by atoms with Crippen LogP contribution in [0.3, 0.4) is 0 Å². The van der Waals surface area contributed by atoms with Gasteiger partial charge in [-0.25, -0.2) is 4.79 Å². The summed E-state index contributed by atoms with van der Waals surface area (Å²) in [7, 11) is 0. The van der Waals surface area contributed by atoms with Crippen LogP contribution in [0, 0.1) is 5.92 Å². The predicted octanol–water partition coefficient (Wildman–Crippen LogP) is 5.18. The van der Waals surface area contributed by atoms with Gasteiger partial charge in [-0.3, -0.25) is 9.59 Å². The van der Waals surface area contributed by atoms with E-state index in [0.717, 1.165) is 36.8 Å². The minimum Gasteiger partial charge on any atom is -0.481 e. The molecule has 1 aliphatic rings. The number of unbranched alkanes of at least 4 members (excludes halogenated alkanes) is 3. The number of amides is 1. The van der Waals surface area contributed by atoms with E-state index in [1.165, 1.54) is 0 Å². The van der Waals surface area contributed by atoms with Crippen molar-refractivity contribution in [2.75, 3.05) is 6.54 Å². The maximum atomic E-state index is 12.6. The van der Waals surface area contributed by atoms with Gasteiger partial charge in [-0.15, -0.1) is 0 Å². The molecule has 3 rings (SSSR count). The zero-order valence-electron chi connectivity index (χ0n) is 19.4. The summed E-state index contributed by atoms with van der Waals surface area (Å²) in [6.07, 6.45) is 4.18. The average Bonchev–Trinajstić information content (AvgIpc) is 3.29. The Morgan fingerprint density at radius 3 is 2.03 bits per heavy atom. The van der Waals surface area contributed by atoms with E-state index in [4.69, 9.17) is 9.47 Å². The number of rotatable bonds is 12. The van der Waals surface area contributed by atoms with Crippen LogP contribution in [-0.4, -0.2) is 40.6 Å². The first-order chi connectivity index (χ1) is 16.5. The van der Waals surface area contributed by atoms with Gasteiger partial charge >= 0.3 is 18.0 Å². The number of hydrogen-bond acceptors (Lipinski definition) is 5. The van der Waals surface area contributed by atoms with Gasteiger partial charge in [0, 0.05) is 19.0 Å². The van der Waals surface area contributed by atoms with E-state index in [0.29, 0.717) is 25.8 Å². The van der Waals surface area contributed by atoms with Gasteiger partial charge in [0.25, 0.3) is 0 Å². The predicted molar refractivity (Wildman–Crippen MR) is 127 cm³/mol. The molecule has 1 saturated heterocycles. The molecule has 0 radical (unpaired) electrons. The quantitative estimate of drug-likeness (QED) is 0.341.